The Labute approximate surface area is 134 Å². The lowest BCUT2D eigenvalue weighted by molar-refractivity contribution is 0.335. The fourth-order valence-electron chi connectivity index (χ4n) is 3.16. The minimum atomic E-state index is -0.424. The van der Waals surface area contributed by atoms with Gasteiger partial charge in [0.15, 0.2) is 0 Å². The molecule has 0 amide bonds. The number of hydrogen-bond donors (Lipinski definition) is 1. The predicted molar refractivity (Wildman–Crippen MR) is 85.0 cm³/mol. The van der Waals surface area contributed by atoms with Crippen molar-refractivity contribution in [3.8, 4) is 0 Å². The molecule has 0 spiro atoms. The van der Waals surface area contributed by atoms with Crippen LogP contribution in [0.5, 0.6) is 0 Å². The van der Waals surface area contributed by atoms with E-state index in [-0.39, 0.29) is 11.9 Å². The largest absolute Gasteiger partial charge is 0.369 e. The topological polar surface area (TPSA) is 55.0 Å². The van der Waals surface area contributed by atoms with Crippen molar-refractivity contribution in [3.05, 3.63) is 54.1 Å². The molecule has 0 aliphatic carbocycles. The first kappa shape index (κ1) is 15.8. The van der Waals surface area contributed by atoms with E-state index in [9.17, 15) is 8.78 Å². The Balaban J connectivity index is 1.58. The minimum absolute atomic E-state index is 0.166. The average Bonchev–Trinajstić information content (AvgIpc) is 2.59. The summed E-state index contributed by atoms with van der Waals surface area (Å²) >= 11 is 0. The predicted octanol–water partition coefficient (Wildman–Crippen LogP) is 2.54. The molecule has 6 heteroatoms. The summed E-state index contributed by atoms with van der Waals surface area (Å²) in [6, 6.07) is 3.37. The van der Waals surface area contributed by atoms with E-state index in [4.69, 9.17) is 5.73 Å². The highest BCUT2D eigenvalue weighted by Crippen LogP contribution is 2.25. The molecule has 0 bridgehead atoms. The molecular formula is C17H20F2N4. The Morgan fingerprint density at radius 3 is 2.57 bits per heavy atom. The molecule has 4 nitrogen and oxygen atoms in total. The van der Waals surface area contributed by atoms with Crippen LogP contribution in [0.15, 0.2) is 36.9 Å². The van der Waals surface area contributed by atoms with Crippen LogP contribution >= 0.6 is 0 Å². The third-order valence-electron chi connectivity index (χ3n) is 4.52. The Morgan fingerprint density at radius 2 is 1.87 bits per heavy atom. The molecule has 122 valence electrons. The zero-order chi connectivity index (χ0) is 16.2. The lowest BCUT2D eigenvalue weighted by Crippen LogP contribution is -2.42. The SMILES string of the molecule is N[C@H](Cc1cc(F)ccc1F)C1CCN(c2cncnc2)CC1. The lowest BCUT2D eigenvalue weighted by atomic mass is 9.86. The number of nitrogens with zero attached hydrogens (tertiary/aromatic N) is 3. The Bertz CT molecular complexity index is 642. The third kappa shape index (κ3) is 3.82. The van der Waals surface area contributed by atoms with Gasteiger partial charge in [-0.05, 0) is 48.9 Å². The van der Waals surface area contributed by atoms with Crippen LogP contribution in [0.25, 0.3) is 0 Å². The Morgan fingerprint density at radius 1 is 1.17 bits per heavy atom. The number of halogens is 2. The fraction of sp³-hybridized carbons (Fsp3) is 0.412. The van der Waals surface area contributed by atoms with Gasteiger partial charge >= 0.3 is 0 Å². The highest BCUT2D eigenvalue weighted by atomic mass is 19.1. The number of rotatable bonds is 4. The maximum Gasteiger partial charge on any atom is 0.126 e. The highest BCUT2D eigenvalue weighted by molar-refractivity contribution is 5.41. The number of piperidine rings is 1. The molecule has 0 radical (unpaired) electrons. The van der Waals surface area contributed by atoms with Crippen molar-refractivity contribution in [1.29, 1.82) is 0 Å². The van der Waals surface area contributed by atoms with Gasteiger partial charge in [0.1, 0.15) is 18.0 Å². The van der Waals surface area contributed by atoms with Crippen molar-refractivity contribution in [2.24, 2.45) is 11.7 Å². The summed E-state index contributed by atoms with van der Waals surface area (Å²) in [5.41, 5.74) is 7.62. The second-order valence-electron chi connectivity index (χ2n) is 6.02. The van der Waals surface area contributed by atoms with Crippen LogP contribution in [-0.2, 0) is 6.42 Å². The summed E-state index contributed by atoms with van der Waals surface area (Å²) < 4.78 is 27.0. The summed E-state index contributed by atoms with van der Waals surface area (Å²) in [6.07, 6.45) is 7.33. The van der Waals surface area contributed by atoms with Gasteiger partial charge in [0.25, 0.3) is 0 Å². The smallest absolute Gasteiger partial charge is 0.126 e. The van der Waals surface area contributed by atoms with Gasteiger partial charge in [0.05, 0.1) is 18.1 Å². The molecule has 1 aromatic heterocycles. The molecule has 1 aromatic carbocycles. The molecule has 3 rings (SSSR count). The minimum Gasteiger partial charge on any atom is -0.369 e. The number of nitrogens with two attached hydrogens (primary N) is 1. The first-order chi connectivity index (χ1) is 11.1. The normalized spacial score (nSPS) is 17.3. The monoisotopic (exact) mass is 318 g/mol. The van der Waals surface area contributed by atoms with E-state index in [1.54, 1.807) is 12.4 Å². The quantitative estimate of drug-likeness (QED) is 0.941. The van der Waals surface area contributed by atoms with Gasteiger partial charge < -0.3 is 10.6 Å². The van der Waals surface area contributed by atoms with Gasteiger partial charge in [-0.15, -0.1) is 0 Å². The van der Waals surface area contributed by atoms with Crippen molar-refractivity contribution in [2.45, 2.75) is 25.3 Å². The van der Waals surface area contributed by atoms with Crippen molar-refractivity contribution in [2.75, 3.05) is 18.0 Å². The van der Waals surface area contributed by atoms with E-state index in [2.05, 4.69) is 14.9 Å². The van der Waals surface area contributed by atoms with Gasteiger partial charge in [-0.1, -0.05) is 0 Å². The molecule has 2 heterocycles. The molecule has 1 aliphatic heterocycles. The molecule has 1 saturated heterocycles. The van der Waals surface area contributed by atoms with Gasteiger partial charge in [0, 0.05) is 19.1 Å². The van der Waals surface area contributed by atoms with E-state index in [1.165, 1.54) is 12.4 Å². The first-order valence-corrected chi connectivity index (χ1v) is 7.83. The Hall–Kier alpha value is -2.08. The zero-order valence-corrected chi connectivity index (χ0v) is 12.8. The molecule has 2 aromatic rings. The van der Waals surface area contributed by atoms with Crippen LogP contribution in [0.4, 0.5) is 14.5 Å². The maximum absolute atomic E-state index is 13.7. The van der Waals surface area contributed by atoms with E-state index in [0.29, 0.717) is 17.9 Å². The number of aromatic nitrogens is 2. The first-order valence-electron chi connectivity index (χ1n) is 7.83. The van der Waals surface area contributed by atoms with Gasteiger partial charge in [-0.3, -0.25) is 0 Å². The number of benzene rings is 1. The molecule has 23 heavy (non-hydrogen) atoms. The van der Waals surface area contributed by atoms with E-state index in [0.717, 1.165) is 43.8 Å². The summed E-state index contributed by atoms with van der Waals surface area (Å²) in [4.78, 5) is 10.3. The van der Waals surface area contributed by atoms with E-state index in [1.807, 2.05) is 0 Å². The van der Waals surface area contributed by atoms with Crippen LogP contribution in [0.3, 0.4) is 0 Å². The van der Waals surface area contributed by atoms with Crippen molar-refractivity contribution in [3.63, 3.8) is 0 Å². The van der Waals surface area contributed by atoms with Crippen LogP contribution in [0, 0.1) is 17.6 Å². The van der Waals surface area contributed by atoms with Gasteiger partial charge in [-0.2, -0.15) is 0 Å². The summed E-state index contributed by atoms with van der Waals surface area (Å²) in [5, 5.41) is 0. The van der Waals surface area contributed by atoms with E-state index < -0.39 is 5.82 Å². The second kappa shape index (κ2) is 7.00. The van der Waals surface area contributed by atoms with Crippen molar-refractivity contribution in [1.82, 2.24) is 9.97 Å². The van der Waals surface area contributed by atoms with Crippen molar-refractivity contribution >= 4 is 5.69 Å². The van der Waals surface area contributed by atoms with Crippen molar-refractivity contribution < 1.29 is 8.78 Å². The molecule has 0 saturated carbocycles. The second-order valence-corrected chi connectivity index (χ2v) is 6.02. The zero-order valence-electron chi connectivity index (χ0n) is 12.8. The van der Waals surface area contributed by atoms with Gasteiger partial charge in [0.2, 0.25) is 0 Å². The molecule has 1 atom stereocenters. The standard InChI is InChI=1S/C17H20F2N4/c18-14-1-2-16(19)13(7-14)8-17(20)12-3-5-23(6-4-12)15-9-21-11-22-10-15/h1-2,7,9-12,17H,3-6,8,20H2/t17-/m1/s1. The molecule has 2 N–H and O–H groups in total. The van der Waals surface area contributed by atoms with E-state index >= 15 is 0 Å². The van der Waals surface area contributed by atoms with Crippen LogP contribution < -0.4 is 10.6 Å². The number of hydrogen-bond acceptors (Lipinski definition) is 4. The summed E-state index contributed by atoms with van der Waals surface area (Å²) in [5.74, 6) is -0.508. The molecule has 0 unspecified atom stereocenters. The molecular weight excluding hydrogens is 298 g/mol. The summed E-state index contributed by atoms with van der Waals surface area (Å²) in [7, 11) is 0. The summed E-state index contributed by atoms with van der Waals surface area (Å²) in [6.45, 7) is 1.74. The number of anilines is 1. The van der Waals surface area contributed by atoms with Crippen LogP contribution in [0.1, 0.15) is 18.4 Å². The van der Waals surface area contributed by atoms with Crippen LogP contribution in [-0.4, -0.2) is 29.1 Å². The molecule has 1 fully saturated rings. The Kier molecular flexibility index (Phi) is 4.81. The average molecular weight is 318 g/mol. The maximum atomic E-state index is 13.7. The third-order valence-corrected chi connectivity index (χ3v) is 4.52. The van der Waals surface area contributed by atoms with Gasteiger partial charge in [-0.25, -0.2) is 18.7 Å². The molecule has 1 aliphatic rings. The lowest BCUT2D eigenvalue weighted by Gasteiger charge is -2.35. The fourth-order valence-corrected chi connectivity index (χ4v) is 3.16. The van der Waals surface area contributed by atoms with Crippen LogP contribution in [0.2, 0.25) is 0 Å². The highest BCUT2D eigenvalue weighted by Gasteiger charge is 2.25.